The normalized spacial score (nSPS) is 28.1. The van der Waals surface area contributed by atoms with Crippen LogP contribution in [0.25, 0.3) is 0 Å². The highest BCUT2D eigenvalue weighted by Gasteiger charge is 2.22. The highest BCUT2D eigenvalue weighted by molar-refractivity contribution is 4.83. The van der Waals surface area contributed by atoms with Gasteiger partial charge in [-0.25, -0.2) is 0 Å². The first-order valence-corrected chi connectivity index (χ1v) is 4.82. The third-order valence-corrected chi connectivity index (χ3v) is 2.77. The van der Waals surface area contributed by atoms with Crippen LogP contribution in [0, 0.1) is 5.92 Å². The van der Waals surface area contributed by atoms with E-state index in [-0.39, 0.29) is 0 Å². The molecule has 2 N–H and O–H groups in total. The van der Waals surface area contributed by atoms with Crippen molar-refractivity contribution in [2.75, 3.05) is 0 Å². The molecule has 13 heavy (non-hydrogen) atoms. The van der Waals surface area contributed by atoms with E-state index < -0.39 is 0 Å². The lowest BCUT2D eigenvalue weighted by Crippen LogP contribution is -2.30. The SMILES string of the molecule is CC1CCCC1NCc1nn[nH]n1. The Labute approximate surface area is 77.3 Å². The lowest BCUT2D eigenvalue weighted by Gasteiger charge is -2.15. The van der Waals surface area contributed by atoms with Gasteiger partial charge < -0.3 is 5.32 Å². The number of tetrazole rings is 1. The Kier molecular flexibility index (Phi) is 2.54. The maximum Gasteiger partial charge on any atom is 0.188 e. The Morgan fingerprint density at radius 1 is 1.54 bits per heavy atom. The monoisotopic (exact) mass is 181 g/mol. The zero-order valence-electron chi connectivity index (χ0n) is 7.82. The maximum atomic E-state index is 3.89. The number of hydrogen-bond acceptors (Lipinski definition) is 4. The van der Waals surface area contributed by atoms with Gasteiger partial charge in [0.25, 0.3) is 0 Å². The summed E-state index contributed by atoms with van der Waals surface area (Å²) >= 11 is 0. The van der Waals surface area contributed by atoms with Crippen molar-refractivity contribution in [1.82, 2.24) is 25.9 Å². The fourth-order valence-electron chi connectivity index (χ4n) is 1.93. The number of aromatic amines is 1. The summed E-state index contributed by atoms with van der Waals surface area (Å²) in [5.41, 5.74) is 0. The first kappa shape index (κ1) is 8.62. The smallest absolute Gasteiger partial charge is 0.188 e. The first-order chi connectivity index (χ1) is 6.36. The molecule has 0 bridgehead atoms. The Hall–Kier alpha value is -0.970. The van der Waals surface area contributed by atoms with Crippen molar-refractivity contribution in [3.63, 3.8) is 0 Å². The van der Waals surface area contributed by atoms with Crippen LogP contribution in [0.3, 0.4) is 0 Å². The predicted octanol–water partition coefficient (Wildman–Crippen LogP) is 0.478. The van der Waals surface area contributed by atoms with Gasteiger partial charge in [0.15, 0.2) is 5.82 Å². The molecule has 2 atom stereocenters. The van der Waals surface area contributed by atoms with Crippen molar-refractivity contribution in [2.45, 2.75) is 38.8 Å². The number of aromatic nitrogens is 4. The van der Waals surface area contributed by atoms with Crippen LogP contribution < -0.4 is 5.32 Å². The standard InChI is InChI=1S/C8H15N5/c1-6-3-2-4-7(6)9-5-8-10-12-13-11-8/h6-7,9H,2-5H2,1H3,(H,10,11,12,13). The van der Waals surface area contributed by atoms with Crippen LogP contribution in [0.15, 0.2) is 0 Å². The molecule has 1 aromatic rings. The Bertz CT molecular complexity index is 245. The highest BCUT2D eigenvalue weighted by atomic mass is 15.5. The van der Waals surface area contributed by atoms with Crippen molar-refractivity contribution < 1.29 is 0 Å². The molecule has 5 heteroatoms. The van der Waals surface area contributed by atoms with Gasteiger partial charge in [-0.15, -0.1) is 10.2 Å². The lowest BCUT2D eigenvalue weighted by atomic mass is 10.1. The van der Waals surface area contributed by atoms with Gasteiger partial charge in [0.2, 0.25) is 0 Å². The molecule has 1 saturated carbocycles. The quantitative estimate of drug-likeness (QED) is 0.711. The molecule has 2 rings (SSSR count). The summed E-state index contributed by atoms with van der Waals surface area (Å²) in [5.74, 6) is 1.53. The third kappa shape index (κ3) is 2.03. The fraction of sp³-hybridized carbons (Fsp3) is 0.875. The van der Waals surface area contributed by atoms with Gasteiger partial charge >= 0.3 is 0 Å². The Balaban J connectivity index is 1.79. The van der Waals surface area contributed by atoms with Crippen LogP contribution in [0.5, 0.6) is 0 Å². The molecule has 1 aliphatic carbocycles. The number of rotatable bonds is 3. The van der Waals surface area contributed by atoms with E-state index in [4.69, 9.17) is 0 Å². The van der Waals surface area contributed by atoms with E-state index in [2.05, 4.69) is 32.9 Å². The van der Waals surface area contributed by atoms with E-state index in [1.807, 2.05) is 0 Å². The summed E-state index contributed by atoms with van der Waals surface area (Å²) in [6, 6.07) is 0.637. The number of nitrogens with zero attached hydrogens (tertiary/aromatic N) is 3. The molecule has 72 valence electrons. The summed E-state index contributed by atoms with van der Waals surface area (Å²) < 4.78 is 0. The highest BCUT2D eigenvalue weighted by Crippen LogP contribution is 2.24. The van der Waals surface area contributed by atoms with Crippen molar-refractivity contribution in [3.8, 4) is 0 Å². The molecule has 0 spiro atoms. The fourth-order valence-corrected chi connectivity index (χ4v) is 1.93. The molecular formula is C8H15N5. The van der Waals surface area contributed by atoms with Gasteiger partial charge in [-0.3, -0.25) is 0 Å². The molecule has 1 heterocycles. The Morgan fingerprint density at radius 3 is 3.08 bits per heavy atom. The summed E-state index contributed by atoms with van der Waals surface area (Å²) in [6.07, 6.45) is 3.95. The van der Waals surface area contributed by atoms with E-state index in [0.29, 0.717) is 6.04 Å². The number of H-pyrrole nitrogens is 1. The minimum absolute atomic E-state index is 0.637. The van der Waals surface area contributed by atoms with Crippen LogP contribution in [0.1, 0.15) is 32.0 Å². The van der Waals surface area contributed by atoms with Crippen LogP contribution >= 0.6 is 0 Å². The van der Waals surface area contributed by atoms with Crippen LogP contribution in [0.4, 0.5) is 0 Å². The Morgan fingerprint density at radius 2 is 2.46 bits per heavy atom. The first-order valence-electron chi connectivity index (χ1n) is 4.82. The zero-order valence-corrected chi connectivity index (χ0v) is 7.82. The minimum Gasteiger partial charge on any atom is -0.307 e. The van der Waals surface area contributed by atoms with Gasteiger partial charge in [-0.05, 0) is 18.8 Å². The van der Waals surface area contributed by atoms with Gasteiger partial charge in [-0.2, -0.15) is 5.21 Å². The van der Waals surface area contributed by atoms with E-state index in [1.54, 1.807) is 0 Å². The molecule has 1 aromatic heterocycles. The van der Waals surface area contributed by atoms with Gasteiger partial charge in [0.05, 0.1) is 6.54 Å². The molecular weight excluding hydrogens is 166 g/mol. The molecule has 1 fully saturated rings. The molecule has 5 nitrogen and oxygen atoms in total. The summed E-state index contributed by atoms with van der Waals surface area (Å²) in [7, 11) is 0. The van der Waals surface area contributed by atoms with Crippen LogP contribution in [0.2, 0.25) is 0 Å². The van der Waals surface area contributed by atoms with Crippen molar-refractivity contribution in [3.05, 3.63) is 5.82 Å². The second kappa shape index (κ2) is 3.83. The minimum atomic E-state index is 0.637. The molecule has 0 saturated heterocycles. The van der Waals surface area contributed by atoms with Crippen molar-refractivity contribution >= 4 is 0 Å². The molecule has 0 radical (unpaired) electrons. The molecule has 2 unspecified atom stereocenters. The second-order valence-electron chi connectivity index (χ2n) is 3.72. The summed E-state index contributed by atoms with van der Waals surface area (Å²) in [4.78, 5) is 0. The number of hydrogen-bond donors (Lipinski definition) is 2. The average Bonchev–Trinajstić information content (AvgIpc) is 2.72. The van der Waals surface area contributed by atoms with E-state index in [9.17, 15) is 0 Å². The van der Waals surface area contributed by atoms with Gasteiger partial charge in [0.1, 0.15) is 0 Å². The molecule has 0 aromatic carbocycles. The van der Waals surface area contributed by atoms with Crippen LogP contribution in [-0.2, 0) is 6.54 Å². The van der Waals surface area contributed by atoms with Gasteiger partial charge in [-0.1, -0.05) is 18.6 Å². The topological polar surface area (TPSA) is 66.5 Å². The van der Waals surface area contributed by atoms with E-state index >= 15 is 0 Å². The maximum absolute atomic E-state index is 3.89. The number of nitrogens with one attached hydrogen (secondary N) is 2. The van der Waals surface area contributed by atoms with Gasteiger partial charge in [0, 0.05) is 6.04 Å². The largest absolute Gasteiger partial charge is 0.307 e. The summed E-state index contributed by atoms with van der Waals surface area (Å²) in [5, 5.41) is 17.2. The second-order valence-corrected chi connectivity index (χ2v) is 3.72. The molecule has 0 aliphatic heterocycles. The predicted molar refractivity (Wildman–Crippen MR) is 47.8 cm³/mol. The van der Waals surface area contributed by atoms with Crippen molar-refractivity contribution in [1.29, 1.82) is 0 Å². The van der Waals surface area contributed by atoms with Crippen molar-refractivity contribution in [2.24, 2.45) is 5.92 Å². The van der Waals surface area contributed by atoms with E-state index in [0.717, 1.165) is 18.3 Å². The third-order valence-electron chi connectivity index (χ3n) is 2.77. The zero-order chi connectivity index (χ0) is 9.10. The average molecular weight is 181 g/mol. The molecule has 1 aliphatic rings. The summed E-state index contributed by atoms with van der Waals surface area (Å²) in [6.45, 7) is 3.02. The lowest BCUT2D eigenvalue weighted by molar-refractivity contribution is 0.421. The van der Waals surface area contributed by atoms with Crippen LogP contribution in [-0.4, -0.2) is 26.7 Å². The van der Waals surface area contributed by atoms with E-state index in [1.165, 1.54) is 19.3 Å². The molecule has 0 amide bonds.